The molecule has 0 radical (unpaired) electrons. The molecule has 0 unspecified atom stereocenters. The van der Waals surface area contributed by atoms with Crippen molar-refractivity contribution in [3.63, 3.8) is 0 Å². The Balaban J connectivity index is 2.11. The third kappa shape index (κ3) is 2.15. The fraction of sp³-hybridized carbons (Fsp3) is 0.417. The number of halogens is 1. The van der Waals surface area contributed by atoms with Gasteiger partial charge in [-0.2, -0.15) is 0 Å². The van der Waals surface area contributed by atoms with E-state index in [1.165, 1.54) is 5.56 Å². The van der Waals surface area contributed by atoms with Crippen molar-refractivity contribution in [1.82, 2.24) is 0 Å². The largest absolute Gasteiger partial charge is 0.399 e. The van der Waals surface area contributed by atoms with Crippen molar-refractivity contribution in [3.05, 3.63) is 34.9 Å². The van der Waals surface area contributed by atoms with E-state index < -0.39 is 0 Å². The van der Waals surface area contributed by atoms with Crippen LogP contribution in [0.25, 0.3) is 0 Å². The van der Waals surface area contributed by atoms with Gasteiger partial charge in [0.15, 0.2) is 0 Å². The molecule has 1 aromatic carbocycles. The van der Waals surface area contributed by atoms with E-state index in [0.717, 1.165) is 17.2 Å². The molecule has 1 aliphatic rings. The van der Waals surface area contributed by atoms with E-state index in [0.29, 0.717) is 11.8 Å². The summed E-state index contributed by atoms with van der Waals surface area (Å²) in [6.07, 6.45) is 1.13. The molecule has 1 aromatic rings. The Morgan fingerprint density at radius 3 is 2.87 bits per heavy atom. The van der Waals surface area contributed by atoms with E-state index in [4.69, 9.17) is 16.4 Å². The number of rotatable bonds is 3. The first kappa shape index (κ1) is 10.5. The van der Waals surface area contributed by atoms with Gasteiger partial charge in [-0.05, 0) is 30.9 Å². The third-order valence-electron chi connectivity index (χ3n) is 2.87. The average Bonchev–Trinajstić information content (AvgIpc) is 2.98. The predicted octanol–water partition coefficient (Wildman–Crippen LogP) is 3.47. The lowest BCUT2D eigenvalue weighted by molar-refractivity contribution is 0.212. The van der Waals surface area contributed by atoms with Crippen LogP contribution in [0.5, 0.6) is 0 Å². The number of hydrogen-bond donors (Lipinski definition) is 0. The minimum Gasteiger partial charge on any atom is -0.399 e. The zero-order valence-corrected chi connectivity index (χ0v) is 9.66. The first-order chi connectivity index (χ1) is 7.24. The van der Waals surface area contributed by atoms with E-state index in [2.05, 4.69) is 11.2 Å². The first-order valence-electron chi connectivity index (χ1n) is 5.06. The van der Waals surface area contributed by atoms with Crippen LogP contribution < -0.4 is 0 Å². The highest BCUT2D eigenvalue weighted by atomic mass is 35.5. The van der Waals surface area contributed by atoms with Crippen molar-refractivity contribution < 1.29 is 4.84 Å². The van der Waals surface area contributed by atoms with E-state index in [1.807, 2.05) is 25.1 Å². The van der Waals surface area contributed by atoms with Gasteiger partial charge in [0.2, 0.25) is 0 Å². The van der Waals surface area contributed by atoms with Crippen LogP contribution in [0.3, 0.4) is 0 Å². The molecule has 80 valence electrons. The Bertz CT molecular complexity index is 389. The van der Waals surface area contributed by atoms with Crippen LogP contribution in [0.2, 0.25) is 5.02 Å². The van der Waals surface area contributed by atoms with Gasteiger partial charge in [0.25, 0.3) is 0 Å². The maximum atomic E-state index is 6.14. The van der Waals surface area contributed by atoms with Crippen molar-refractivity contribution in [1.29, 1.82) is 0 Å². The summed E-state index contributed by atoms with van der Waals surface area (Å²) in [4.78, 5) is 4.77. The van der Waals surface area contributed by atoms with Crippen molar-refractivity contribution in [3.8, 4) is 0 Å². The fourth-order valence-electron chi connectivity index (χ4n) is 1.99. The topological polar surface area (TPSA) is 21.6 Å². The van der Waals surface area contributed by atoms with Crippen LogP contribution >= 0.6 is 11.6 Å². The van der Waals surface area contributed by atoms with E-state index in [9.17, 15) is 0 Å². The molecule has 1 aliphatic carbocycles. The molecule has 3 heteroatoms. The number of hydrogen-bond acceptors (Lipinski definition) is 2. The van der Waals surface area contributed by atoms with Gasteiger partial charge in [0, 0.05) is 10.9 Å². The van der Waals surface area contributed by atoms with Crippen LogP contribution in [0, 0.1) is 5.92 Å². The standard InChI is InChI=1S/C12H14ClNO/c1-8(14-15-2)10-7-11(10)9-5-3-4-6-12(9)13/h3-6,10-11H,7H2,1-2H3/t10-,11-/m0/s1. The Morgan fingerprint density at radius 2 is 2.20 bits per heavy atom. The Morgan fingerprint density at radius 1 is 1.47 bits per heavy atom. The van der Waals surface area contributed by atoms with Gasteiger partial charge in [-0.1, -0.05) is 35.0 Å². The van der Waals surface area contributed by atoms with Crippen LogP contribution in [-0.2, 0) is 4.84 Å². The van der Waals surface area contributed by atoms with Gasteiger partial charge in [0.1, 0.15) is 7.11 Å². The normalized spacial score (nSPS) is 25.1. The molecule has 1 saturated carbocycles. The smallest absolute Gasteiger partial charge is 0.106 e. The summed E-state index contributed by atoms with van der Waals surface area (Å²) in [5.41, 5.74) is 2.29. The molecular formula is C12H14ClNO. The van der Waals surface area contributed by atoms with Crippen molar-refractivity contribution in [2.45, 2.75) is 19.3 Å². The van der Waals surface area contributed by atoms with Gasteiger partial charge in [0.05, 0.1) is 5.71 Å². The molecule has 0 heterocycles. The quantitative estimate of drug-likeness (QED) is 0.568. The van der Waals surface area contributed by atoms with Crippen LogP contribution in [0.15, 0.2) is 29.4 Å². The van der Waals surface area contributed by atoms with Crippen molar-refractivity contribution in [2.24, 2.45) is 11.1 Å². The third-order valence-corrected chi connectivity index (χ3v) is 3.21. The predicted molar refractivity (Wildman–Crippen MR) is 62.4 cm³/mol. The maximum Gasteiger partial charge on any atom is 0.106 e. The minimum absolute atomic E-state index is 0.504. The molecule has 0 bridgehead atoms. The lowest BCUT2D eigenvalue weighted by Gasteiger charge is -2.02. The zero-order chi connectivity index (χ0) is 10.8. The van der Waals surface area contributed by atoms with Crippen LogP contribution in [0.4, 0.5) is 0 Å². The second-order valence-electron chi connectivity index (χ2n) is 3.89. The average molecular weight is 224 g/mol. The zero-order valence-electron chi connectivity index (χ0n) is 8.90. The van der Waals surface area contributed by atoms with Gasteiger partial charge >= 0.3 is 0 Å². The van der Waals surface area contributed by atoms with Gasteiger partial charge in [-0.3, -0.25) is 0 Å². The van der Waals surface area contributed by atoms with Crippen LogP contribution in [0.1, 0.15) is 24.8 Å². The Hall–Kier alpha value is -1.02. The summed E-state index contributed by atoms with van der Waals surface area (Å²) < 4.78 is 0. The molecule has 1 fully saturated rings. The molecule has 0 amide bonds. The minimum atomic E-state index is 0.504. The van der Waals surface area contributed by atoms with Crippen molar-refractivity contribution in [2.75, 3.05) is 7.11 Å². The summed E-state index contributed by atoms with van der Waals surface area (Å²) in [5, 5.41) is 4.82. The molecular weight excluding hydrogens is 210 g/mol. The highest BCUT2D eigenvalue weighted by Gasteiger charge is 2.41. The lowest BCUT2D eigenvalue weighted by Crippen LogP contribution is -1.97. The van der Waals surface area contributed by atoms with Gasteiger partial charge < -0.3 is 4.84 Å². The second-order valence-corrected chi connectivity index (χ2v) is 4.29. The number of nitrogens with zero attached hydrogens (tertiary/aromatic N) is 1. The molecule has 0 aromatic heterocycles. The monoisotopic (exact) mass is 223 g/mol. The molecule has 0 N–H and O–H groups in total. The number of benzene rings is 1. The molecule has 2 atom stereocenters. The van der Waals surface area contributed by atoms with E-state index >= 15 is 0 Å². The second kappa shape index (κ2) is 4.23. The van der Waals surface area contributed by atoms with Crippen molar-refractivity contribution >= 4 is 17.3 Å². The van der Waals surface area contributed by atoms with E-state index in [1.54, 1.807) is 7.11 Å². The summed E-state index contributed by atoms with van der Waals surface area (Å²) in [5.74, 6) is 1.03. The SMILES string of the molecule is CON=C(C)[C@@H]1C[C@H]1c1ccccc1Cl. The molecule has 2 nitrogen and oxygen atoms in total. The van der Waals surface area contributed by atoms with Gasteiger partial charge in [-0.15, -0.1) is 0 Å². The molecule has 0 aliphatic heterocycles. The van der Waals surface area contributed by atoms with Gasteiger partial charge in [-0.25, -0.2) is 0 Å². The Labute approximate surface area is 94.9 Å². The molecule has 2 rings (SSSR count). The highest BCUT2D eigenvalue weighted by molar-refractivity contribution is 6.31. The highest BCUT2D eigenvalue weighted by Crippen LogP contribution is 2.50. The van der Waals surface area contributed by atoms with E-state index in [-0.39, 0.29) is 0 Å². The summed E-state index contributed by atoms with van der Waals surface area (Å²) >= 11 is 6.14. The molecule has 0 saturated heterocycles. The maximum absolute atomic E-state index is 6.14. The summed E-state index contributed by atoms with van der Waals surface area (Å²) in [7, 11) is 1.58. The fourth-order valence-corrected chi connectivity index (χ4v) is 2.26. The Kier molecular flexibility index (Phi) is 2.96. The molecule has 0 spiro atoms. The summed E-state index contributed by atoms with van der Waals surface area (Å²) in [6, 6.07) is 8.01. The van der Waals surface area contributed by atoms with Crippen LogP contribution in [-0.4, -0.2) is 12.8 Å². The molecule has 15 heavy (non-hydrogen) atoms. The summed E-state index contributed by atoms with van der Waals surface area (Å²) in [6.45, 7) is 2.00. The lowest BCUT2D eigenvalue weighted by atomic mass is 10.1. The number of oxime groups is 1. The first-order valence-corrected chi connectivity index (χ1v) is 5.44.